The minimum absolute atomic E-state index is 0.0465. The molecule has 0 aliphatic carbocycles. The number of hydrogen-bond acceptors (Lipinski definition) is 4. The number of nitrogens with zero attached hydrogens (tertiary/aromatic N) is 1. The molecule has 0 saturated heterocycles. The van der Waals surface area contributed by atoms with Gasteiger partial charge in [0.2, 0.25) is 10.0 Å². The molecule has 1 atom stereocenters. The van der Waals surface area contributed by atoms with Gasteiger partial charge in [-0.2, -0.15) is 0 Å². The number of pyridine rings is 1. The van der Waals surface area contributed by atoms with Gasteiger partial charge in [-0.25, -0.2) is 13.1 Å². The first kappa shape index (κ1) is 15.6. The average Bonchev–Trinajstić information content (AvgIpc) is 2.53. The molecule has 0 radical (unpaired) electrons. The van der Waals surface area contributed by atoms with Crippen LogP contribution in [0.3, 0.4) is 0 Å². The molecule has 112 valence electrons. The smallest absolute Gasteiger partial charge is 0.240 e. The summed E-state index contributed by atoms with van der Waals surface area (Å²) in [6.45, 7) is 2.71. The van der Waals surface area contributed by atoms with Crippen molar-refractivity contribution in [2.75, 3.05) is 7.05 Å². The number of benzene rings is 1. The van der Waals surface area contributed by atoms with Crippen molar-refractivity contribution in [2.24, 2.45) is 0 Å². The second-order valence-electron chi connectivity index (χ2n) is 4.74. The van der Waals surface area contributed by atoms with E-state index >= 15 is 0 Å². The van der Waals surface area contributed by atoms with Crippen LogP contribution >= 0.6 is 0 Å². The molecule has 1 aromatic heterocycles. The lowest BCUT2D eigenvalue weighted by Gasteiger charge is -2.15. The molecule has 5 nitrogen and oxygen atoms in total. The van der Waals surface area contributed by atoms with Crippen LogP contribution in [0.5, 0.6) is 0 Å². The summed E-state index contributed by atoms with van der Waals surface area (Å²) < 4.78 is 26.0. The minimum atomic E-state index is -3.41. The third kappa shape index (κ3) is 4.10. The van der Waals surface area contributed by atoms with Gasteiger partial charge in [-0.1, -0.05) is 12.1 Å². The van der Waals surface area contributed by atoms with Gasteiger partial charge in [-0.15, -0.1) is 0 Å². The SMILES string of the molecule is CNS(=O)(=O)c1cccc([C@H](C)NCc2ccncc2)c1. The number of sulfonamides is 1. The Labute approximate surface area is 125 Å². The average molecular weight is 305 g/mol. The van der Waals surface area contributed by atoms with Gasteiger partial charge in [0.1, 0.15) is 0 Å². The van der Waals surface area contributed by atoms with E-state index in [9.17, 15) is 8.42 Å². The predicted molar refractivity (Wildman–Crippen MR) is 82.2 cm³/mol. The molecule has 0 amide bonds. The second kappa shape index (κ2) is 6.80. The molecule has 0 fully saturated rings. The Morgan fingerprint density at radius 1 is 1.19 bits per heavy atom. The van der Waals surface area contributed by atoms with Crippen LogP contribution in [0.25, 0.3) is 0 Å². The van der Waals surface area contributed by atoms with Crippen molar-refractivity contribution in [1.82, 2.24) is 15.0 Å². The van der Waals surface area contributed by atoms with E-state index in [-0.39, 0.29) is 10.9 Å². The maximum absolute atomic E-state index is 11.8. The third-order valence-corrected chi connectivity index (χ3v) is 4.71. The van der Waals surface area contributed by atoms with E-state index in [1.165, 1.54) is 7.05 Å². The van der Waals surface area contributed by atoms with Gasteiger partial charge in [0, 0.05) is 25.0 Å². The molecular formula is C15H19N3O2S. The van der Waals surface area contributed by atoms with Crippen LogP contribution < -0.4 is 10.0 Å². The Morgan fingerprint density at radius 2 is 1.90 bits per heavy atom. The van der Waals surface area contributed by atoms with Gasteiger partial charge in [-0.3, -0.25) is 4.98 Å². The molecule has 0 saturated carbocycles. The highest BCUT2D eigenvalue weighted by Gasteiger charge is 2.13. The molecule has 2 rings (SSSR count). The Kier molecular flexibility index (Phi) is 5.06. The molecule has 6 heteroatoms. The van der Waals surface area contributed by atoms with Crippen molar-refractivity contribution in [2.45, 2.75) is 24.4 Å². The maximum atomic E-state index is 11.8. The molecule has 0 aliphatic rings. The van der Waals surface area contributed by atoms with Crippen LogP contribution in [-0.4, -0.2) is 20.4 Å². The molecule has 0 spiro atoms. The highest BCUT2D eigenvalue weighted by Crippen LogP contribution is 2.17. The van der Waals surface area contributed by atoms with Crippen LogP contribution in [0.15, 0.2) is 53.7 Å². The first-order valence-electron chi connectivity index (χ1n) is 6.69. The number of hydrogen-bond donors (Lipinski definition) is 2. The summed E-state index contributed by atoms with van der Waals surface area (Å²) in [6, 6.07) is 10.9. The molecule has 1 heterocycles. The molecule has 0 aliphatic heterocycles. The van der Waals surface area contributed by atoms with Crippen LogP contribution in [-0.2, 0) is 16.6 Å². The summed E-state index contributed by atoms with van der Waals surface area (Å²) in [5.74, 6) is 0. The van der Waals surface area contributed by atoms with Crippen molar-refractivity contribution in [3.05, 3.63) is 59.9 Å². The molecule has 2 aromatic rings. The Hall–Kier alpha value is -1.76. The van der Waals surface area contributed by atoms with E-state index in [0.717, 1.165) is 11.1 Å². The van der Waals surface area contributed by atoms with Crippen molar-refractivity contribution < 1.29 is 8.42 Å². The second-order valence-corrected chi connectivity index (χ2v) is 6.62. The van der Waals surface area contributed by atoms with Gasteiger partial charge in [0.25, 0.3) is 0 Å². The summed E-state index contributed by atoms with van der Waals surface area (Å²) in [5.41, 5.74) is 2.07. The van der Waals surface area contributed by atoms with E-state index < -0.39 is 10.0 Å². The quantitative estimate of drug-likeness (QED) is 0.854. The Balaban J connectivity index is 2.09. The van der Waals surface area contributed by atoms with Gasteiger partial charge >= 0.3 is 0 Å². The van der Waals surface area contributed by atoms with Crippen molar-refractivity contribution >= 4 is 10.0 Å². The monoisotopic (exact) mass is 305 g/mol. The number of nitrogens with one attached hydrogen (secondary N) is 2. The molecule has 21 heavy (non-hydrogen) atoms. The van der Waals surface area contributed by atoms with E-state index in [1.807, 2.05) is 25.1 Å². The fourth-order valence-electron chi connectivity index (χ4n) is 1.96. The van der Waals surface area contributed by atoms with Crippen LogP contribution in [0.1, 0.15) is 24.1 Å². The summed E-state index contributed by atoms with van der Waals surface area (Å²) in [6.07, 6.45) is 3.50. The minimum Gasteiger partial charge on any atom is -0.306 e. The van der Waals surface area contributed by atoms with Gasteiger partial charge in [0.05, 0.1) is 4.90 Å². The first-order chi connectivity index (χ1) is 10.0. The topological polar surface area (TPSA) is 71.1 Å². The zero-order valence-electron chi connectivity index (χ0n) is 12.1. The zero-order chi connectivity index (χ0) is 15.3. The van der Waals surface area contributed by atoms with E-state index in [4.69, 9.17) is 0 Å². The fourth-order valence-corrected chi connectivity index (χ4v) is 2.74. The predicted octanol–water partition coefficient (Wildman–Crippen LogP) is 1.84. The number of rotatable bonds is 6. The fraction of sp³-hybridized carbons (Fsp3) is 0.267. The molecule has 0 unspecified atom stereocenters. The lowest BCUT2D eigenvalue weighted by molar-refractivity contribution is 0.571. The summed E-state index contributed by atoms with van der Waals surface area (Å²) in [5, 5.41) is 3.37. The van der Waals surface area contributed by atoms with Crippen molar-refractivity contribution in [3.63, 3.8) is 0 Å². The zero-order valence-corrected chi connectivity index (χ0v) is 12.9. The Morgan fingerprint density at radius 3 is 2.57 bits per heavy atom. The standard InChI is InChI=1S/C15H19N3O2S/c1-12(18-11-13-6-8-17-9-7-13)14-4-3-5-15(10-14)21(19,20)16-2/h3-10,12,16,18H,11H2,1-2H3/t12-/m0/s1. The van der Waals surface area contributed by atoms with Crippen LogP contribution in [0.2, 0.25) is 0 Å². The maximum Gasteiger partial charge on any atom is 0.240 e. The largest absolute Gasteiger partial charge is 0.306 e. The van der Waals surface area contributed by atoms with E-state index in [1.54, 1.807) is 30.6 Å². The summed E-state index contributed by atoms with van der Waals surface area (Å²) in [4.78, 5) is 4.26. The normalized spacial score (nSPS) is 13.0. The summed E-state index contributed by atoms with van der Waals surface area (Å²) in [7, 11) is -2.00. The van der Waals surface area contributed by atoms with Crippen LogP contribution in [0.4, 0.5) is 0 Å². The molecule has 0 bridgehead atoms. The van der Waals surface area contributed by atoms with E-state index in [0.29, 0.717) is 6.54 Å². The van der Waals surface area contributed by atoms with Gasteiger partial charge in [-0.05, 0) is 49.4 Å². The van der Waals surface area contributed by atoms with Crippen molar-refractivity contribution in [3.8, 4) is 0 Å². The van der Waals surface area contributed by atoms with Crippen molar-refractivity contribution in [1.29, 1.82) is 0 Å². The molecule has 1 aromatic carbocycles. The number of aromatic nitrogens is 1. The Bertz CT molecular complexity index is 687. The molecular weight excluding hydrogens is 286 g/mol. The lowest BCUT2D eigenvalue weighted by atomic mass is 10.1. The van der Waals surface area contributed by atoms with E-state index in [2.05, 4.69) is 15.0 Å². The highest BCUT2D eigenvalue weighted by atomic mass is 32.2. The van der Waals surface area contributed by atoms with Crippen LogP contribution in [0, 0.1) is 0 Å². The van der Waals surface area contributed by atoms with Gasteiger partial charge in [0.15, 0.2) is 0 Å². The third-order valence-electron chi connectivity index (χ3n) is 3.30. The lowest BCUT2D eigenvalue weighted by Crippen LogP contribution is -2.21. The first-order valence-corrected chi connectivity index (χ1v) is 8.17. The van der Waals surface area contributed by atoms with Gasteiger partial charge < -0.3 is 5.32 Å². The summed E-state index contributed by atoms with van der Waals surface area (Å²) >= 11 is 0. The highest BCUT2D eigenvalue weighted by molar-refractivity contribution is 7.89. The molecule has 2 N–H and O–H groups in total.